The maximum absolute atomic E-state index is 7.26. The molecular weight excluding hydrogens is 560 g/mol. The van der Waals surface area contributed by atoms with Crippen LogP contribution in [0.15, 0.2) is 158 Å². The van der Waals surface area contributed by atoms with E-state index in [4.69, 9.17) is 4.74 Å². The predicted molar refractivity (Wildman–Crippen MR) is 188 cm³/mol. The van der Waals surface area contributed by atoms with E-state index in [1.165, 1.54) is 43.0 Å². The van der Waals surface area contributed by atoms with Crippen molar-refractivity contribution >= 4 is 47.7 Å². The van der Waals surface area contributed by atoms with Crippen LogP contribution in [-0.4, -0.2) is 0 Å². The third-order valence-electron chi connectivity index (χ3n) is 8.08. The molecule has 212 valence electrons. The van der Waals surface area contributed by atoms with Gasteiger partial charge in [0.1, 0.15) is 11.5 Å². The molecule has 2 nitrogen and oxygen atoms in total. The second-order valence-electron chi connectivity index (χ2n) is 11.0. The average Bonchev–Trinajstić information content (AvgIpc) is 3.04. The highest BCUT2D eigenvalue weighted by molar-refractivity contribution is 7.80. The van der Waals surface area contributed by atoms with Gasteiger partial charge in [0, 0.05) is 27.2 Å². The summed E-state index contributed by atoms with van der Waals surface area (Å²) in [5.41, 5.74) is 2.26. The summed E-state index contributed by atoms with van der Waals surface area (Å²) in [4.78, 5) is 0. The van der Waals surface area contributed by atoms with Crippen LogP contribution in [-0.2, 0) is 5.41 Å². The molecule has 0 atom stereocenters. The molecule has 0 spiro atoms. The Kier molecular flexibility index (Phi) is 8.29. The normalized spacial score (nSPS) is 13.0. The lowest BCUT2D eigenvalue weighted by atomic mass is 9.76. The standard InChI is InChI=1S/C39H32OP2.H3N/c1-39(2)33-25-15-27-35(41(29-17-7-3-8-18-29)30-19-9-4-10-20-30)37(33)40-38-34(39)26-16-28-36(38)42(31-21-11-5-12-22-31)32-23-13-6-14-24-32;/h3-28H,1-2H3;1H3. The lowest BCUT2D eigenvalue weighted by Crippen LogP contribution is -2.32. The van der Waals surface area contributed by atoms with Gasteiger partial charge in [0.05, 0.1) is 0 Å². The maximum atomic E-state index is 7.26. The van der Waals surface area contributed by atoms with E-state index in [1.807, 2.05) is 0 Å². The zero-order valence-electron chi connectivity index (χ0n) is 24.5. The molecule has 6 aromatic rings. The van der Waals surface area contributed by atoms with Crippen LogP contribution in [0.2, 0.25) is 0 Å². The fraction of sp³-hybridized carbons (Fsp3) is 0.0769. The van der Waals surface area contributed by atoms with E-state index in [-0.39, 0.29) is 11.6 Å². The lowest BCUT2D eigenvalue weighted by molar-refractivity contribution is 0.425. The van der Waals surface area contributed by atoms with Crippen molar-refractivity contribution in [3.8, 4) is 11.5 Å². The molecule has 1 heterocycles. The third kappa shape index (κ3) is 5.32. The first-order valence-corrected chi connectivity index (χ1v) is 17.1. The molecule has 6 aromatic carbocycles. The smallest absolute Gasteiger partial charge is 0.139 e. The zero-order chi connectivity index (χ0) is 28.5. The van der Waals surface area contributed by atoms with E-state index in [2.05, 4.69) is 172 Å². The van der Waals surface area contributed by atoms with Gasteiger partial charge in [-0.2, -0.15) is 0 Å². The van der Waals surface area contributed by atoms with Gasteiger partial charge in [-0.1, -0.05) is 172 Å². The molecule has 0 fully saturated rings. The molecule has 0 saturated heterocycles. The molecule has 4 heteroatoms. The minimum absolute atomic E-state index is 0. The summed E-state index contributed by atoms with van der Waals surface area (Å²) in [5.74, 6) is 2.02. The highest BCUT2D eigenvalue weighted by Gasteiger charge is 2.39. The Morgan fingerprint density at radius 1 is 0.395 bits per heavy atom. The van der Waals surface area contributed by atoms with Crippen molar-refractivity contribution in [3.05, 3.63) is 169 Å². The molecule has 43 heavy (non-hydrogen) atoms. The molecule has 0 aliphatic carbocycles. The first-order chi connectivity index (χ1) is 20.6. The van der Waals surface area contributed by atoms with Crippen LogP contribution in [0.5, 0.6) is 11.5 Å². The fourth-order valence-electron chi connectivity index (χ4n) is 6.01. The molecule has 0 bridgehead atoms. The van der Waals surface area contributed by atoms with Gasteiger partial charge in [0.2, 0.25) is 0 Å². The first kappa shape index (κ1) is 29.0. The molecule has 0 aromatic heterocycles. The Bertz CT molecular complexity index is 1610. The molecule has 0 radical (unpaired) electrons. The second-order valence-corrected chi connectivity index (χ2v) is 15.4. The summed E-state index contributed by atoms with van der Waals surface area (Å²) in [5, 5.41) is 7.81. The van der Waals surface area contributed by atoms with E-state index in [0.29, 0.717) is 0 Å². The predicted octanol–water partition coefficient (Wildman–Crippen LogP) is 7.80. The summed E-state index contributed by atoms with van der Waals surface area (Å²) >= 11 is 0. The van der Waals surface area contributed by atoms with Crippen LogP contribution in [0.3, 0.4) is 0 Å². The Morgan fingerprint density at radius 2 is 0.698 bits per heavy atom. The summed E-state index contributed by atoms with van der Waals surface area (Å²) in [6.45, 7) is 4.70. The van der Waals surface area contributed by atoms with Crippen molar-refractivity contribution in [1.82, 2.24) is 6.15 Å². The van der Waals surface area contributed by atoms with Crippen LogP contribution >= 0.6 is 15.8 Å². The summed E-state index contributed by atoms with van der Waals surface area (Å²) in [6.07, 6.45) is 0. The van der Waals surface area contributed by atoms with Crippen molar-refractivity contribution in [1.29, 1.82) is 0 Å². The number of rotatable bonds is 6. The van der Waals surface area contributed by atoms with Gasteiger partial charge in [-0.25, -0.2) is 0 Å². The molecule has 1 aliphatic heterocycles. The van der Waals surface area contributed by atoms with Crippen LogP contribution in [0, 0.1) is 0 Å². The van der Waals surface area contributed by atoms with Crippen molar-refractivity contribution < 1.29 is 4.74 Å². The largest absolute Gasteiger partial charge is 0.455 e. The molecular formula is C39H35NOP2. The van der Waals surface area contributed by atoms with E-state index in [9.17, 15) is 0 Å². The molecule has 0 amide bonds. The topological polar surface area (TPSA) is 44.2 Å². The summed E-state index contributed by atoms with van der Waals surface area (Å²) < 4.78 is 7.26. The Morgan fingerprint density at radius 3 is 1.00 bits per heavy atom. The minimum Gasteiger partial charge on any atom is -0.455 e. The molecule has 1 aliphatic rings. The van der Waals surface area contributed by atoms with Gasteiger partial charge in [-0.3, -0.25) is 0 Å². The van der Waals surface area contributed by atoms with Crippen molar-refractivity contribution in [2.75, 3.05) is 0 Å². The number of ether oxygens (including phenoxy) is 1. The number of hydrogen-bond acceptors (Lipinski definition) is 2. The monoisotopic (exact) mass is 595 g/mol. The van der Waals surface area contributed by atoms with Crippen LogP contribution in [0.1, 0.15) is 25.0 Å². The van der Waals surface area contributed by atoms with E-state index >= 15 is 0 Å². The number of fused-ring (bicyclic) bond motifs is 2. The SMILES string of the molecule is CC1(C)c2cccc(P(c3ccccc3)c3ccccc3)c2Oc2c(P(c3ccccc3)c3ccccc3)cccc21.N. The van der Waals surface area contributed by atoms with Gasteiger partial charge in [-0.05, 0) is 37.1 Å². The molecule has 0 unspecified atom stereocenters. The van der Waals surface area contributed by atoms with Crippen LogP contribution < -0.4 is 42.7 Å². The van der Waals surface area contributed by atoms with E-state index in [0.717, 1.165) is 11.5 Å². The lowest BCUT2D eigenvalue weighted by Gasteiger charge is -2.38. The van der Waals surface area contributed by atoms with Gasteiger partial charge in [0.15, 0.2) is 0 Å². The first-order valence-electron chi connectivity index (χ1n) is 14.4. The summed E-state index contributed by atoms with van der Waals surface area (Å²) in [7, 11) is -1.65. The van der Waals surface area contributed by atoms with Crippen molar-refractivity contribution in [2.24, 2.45) is 0 Å². The maximum Gasteiger partial charge on any atom is 0.139 e. The second kappa shape index (κ2) is 12.3. The Labute approximate surface area is 257 Å². The Balaban J connectivity index is 0.00000329. The van der Waals surface area contributed by atoms with Gasteiger partial charge in [0.25, 0.3) is 0 Å². The van der Waals surface area contributed by atoms with Gasteiger partial charge >= 0.3 is 0 Å². The average molecular weight is 596 g/mol. The zero-order valence-corrected chi connectivity index (χ0v) is 26.3. The highest BCUT2D eigenvalue weighted by atomic mass is 31.1. The number of hydrogen-bond donors (Lipinski definition) is 1. The molecule has 3 N–H and O–H groups in total. The number of benzene rings is 6. The number of para-hydroxylation sites is 2. The molecule has 0 saturated carbocycles. The van der Waals surface area contributed by atoms with E-state index < -0.39 is 15.8 Å². The van der Waals surface area contributed by atoms with Crippen LogP contribution in [0.4, 0.5) is 0 Å². The Hall–Kier alpha value is -4.06. The quantitative estimate of drug-likeness (QED) is 0.200. The molecule has 7 rings (SSSR count). The van der Waals surface area contributed by atoms with E-state index in [1.54, 1.807) is 0 Å². The van der Waals surface area contributed by atoms with Crippen molar-refractivity contribution in [3.63, 3.8) is 0 Å². The van der Waals surface area contributed by atoms with Crippen molar-refractivity contribution in [2.45, 2.75) is 19.3 Å². The van der Waals surface area contributed by atoms with Gasteiger partial charge < -0.3 is 10.9 Å². The fourth-order valence-corrected chi connectivity index (χ4v) is 10.8. The third-order valence-corrected chi connectivity index (χ3v) is 13.0. The summed E-state index contributed by atoms with van der Waals surface area (Å²) in [6, 6.07) is 57.2. The van der Waals surface area contributed by atoms with Gasteiger partial charge in [-0.15, -0.1) is 0 Å². The highest BCUT2D eigenvalue weighted by Crippen LogP contribution is 2.52. The van der Waals surface area contributed by atoms with Crippen LogP contribution in [0.25, 0.3) is 0 Å². The minimum atomic E-state index is -0.824.